The van der Waals surface area contributed by atoms with E-state index in [1.165, 1.54) is 42.3 Å². The molecule has 0 aliphatic heterocycles. The van der Waals surface area contributed by atoms with Gasteiger partial charge in [0.2, 0.25) is 15.9 Å². The zero-order valence-electron chi connectivity index (χ0n) is 19.6. The molecule has 1 aliphatic carbocycles. The van der Waals surface area contributed by atoms with Crippen LogP contribution in [0.15, 0.2) is 47.4 Å². The van der Waals surface area contributed by atoms with Crippen LogP contribution in [0.2, 0.25) is 0 Å². The van der Waals surface area contributed by atoms with Crippen molar-refractivity contribution < 1.29 is 17.9 Å². The summed E-state index contributed by atoms with van der Waals surface area (Å²) in [6.07, 6.45) is 2.46. The maximum atomic E-state index is 13.0. The fourth-order valence-corrected chi connectivity index (χ4v) is 5.45. The largest absolute Gasteiger partial charge is 0.474 e. The highest BCUT2D eigenvalue weighted by Crippen LogP contribution is 2.45. The Bertz CT molecular complexity index is 1500. The molecule has 35 heavy (non-hydrogen) atoms. The number of pyridine rings is 2. The van der Waals surface area contributed by atoms with E-state index in [1.54, 1.807) is 30.3 Å². The number of aromatic nitrogens is 2. The predicted octanol–water partition coefficient (Wildman–Crippen LogP) is 1.54. The number of fused-ring (bicyclic) bond motifs is 1. The zero-order chi connectivity index (χ0) is 25.4. The van der Waals surface area contributed by atoms with Gasteiger partial charge in [-0.2, -0.15) is 5.26 Å². The summed E-state index contributed by atoms with van der Waals surface area (Å²) in [4.78, 5) is 30.0. The van der Waals surface area contributed by atoms with Gasteiger partial charge in [-0.05, 0) is 42.7 Å². The first-order valence-corrected chi connectivity index (χ1v) is 12.3. The number of benzene rings is 1. The first-order chi connectivity index (χ1) is 16.6. The van der Waals surface area contributed by atoms with Crippen molar-refractivity contribution in [1.82, 2.24) is 19.2 Å². The van der Waals surface area contributed by atoms with E-state index in [4.69, 9.17) is 10.00 Å². The minimum atomic E-state index is -3.52. The van der Waals surface area contributed by atoms with Crippen molar-refractivity contribution in [2.75, 3.05) is 20.7 Å². The molecule has 0 atom stereocenters. The van der Waals surface area contributed by atoms with Crippen LogP contribution in [0.1, 0.15) is 34.3 Å². The van der Waals surface area contributed by atoms with Gasteiger partial charge in [-0.3, -0.25) is 9.59 Å². The lowest BCUT2D eigenvalue weighted by Crippen LogP contribution is -2.39. The molecule has 0 bridgehead atoms. The minimum absolute atomic E-state index is 0.0420. The standard InChI is InChI=1S/C24H25N5O5S/c1-28(2)35(32,33)24(9-10-24)15-34-22-20-18(8-11-26-22)12-19(23(31)29(20)3)21(30)27-14-17-6-4-16(13-25)5-7-17/h4-8,11-12H,9-10,14-15H2,1-3H3,(H,27,30). The van der Waals surface area contributed by atoms with Gasteiger partial charge in [-0.1, -0.05) is 12.1 Å². The topological polar surface area (TPSA) is 134 Å². The number of amides is 1. The molecule has 0 unspecified atom stereocenters. The van der Waals surface area contributed by atoms with E-state index >= 15 is 0 Å². The number of nitrogens with one attached hydrogen (secondary N) is 1. The maximum absolute atomic E-state index is 13.0. The first kappa shape index (κ1) is 24.4. The van der Waals surface area contributed by atoms with Crippen molar-refractivity contribution in [3.8, 4) is 11.9 Å². The monoisotopic (exact) mass is 495 g/mol. The van der Waals surface area contributed by atoms with Gasteiger partial charge in [-0.15, -0.1) is 0 Å². The summed E-state index contributed by atoms with van der Waals surface area (Å²) in [6, 6.07) is 11.9. The van der Waals surface area contributed by atoms with Crippen LogP contribution in [0.4, 0.5) is 0 Å². The van der Waals surface area contributed by atoms with Crippen LogP contribution < -0.4 is 15.6 Å². The van der Waals surface area contributed by atoms with Crippen LogP contribution in [-0.4, -0.2) is 53.6 Å². The molecule has 1 saturated carbocycles. The molecule has 1 fully saturated rings. The summed E-state index contributed by atoms with van der Waals surface area (Å²) >= 11 is 0. The highest BCUT2D eigenvalue weighted by atomic mass is 32.2. The first-order valence-electron chi connectivity index (χ1n) is 10.9. The third-order valence-electron chi connectivity index (χ3n) is 6.18. The van der Waals surface area contributed by atoms with Crippen LogP contribution in [0, 0.1) is 11.3 Å². The van der Waals surface area contributed by atoms with Crippen LogP contribution in [0.3, 0.4) is 0 Å². The Hall–Kier alpha value is -3.75. The number of carbonyl (C=O) groups excluding carboxylic acids is 1. The van der Waals surface area contributed by atoms with Gasteiger partial charge < -0.3 is 14.6 Å². The van der Waals surface area contributed by atoms with E-state index in [0.717, 1.165) is 5.56 Å². The molecule has 1 aromatic carbocycles. The Balaban J connectivity index is 1.57. The molecule has 1 amide bonds. The summed E-state index contributed by atoms with van der Waals surface area (Å²) in [5.74, 6) is -0.406. The van der Waals surface area contributed by atoms with Gasteiger partial charge in [0.05, 0.1) is 11.6 Å². The van der Waals surface area contributed by atoms with Crippen LogP contribution >= 0.6 is 0 Å². The summed E-state index contributed by atoms with van der Waals surface area (Å²) in [6.45, 7) is 0.111. The summed E-state index contributed by atoms with van der Waals surface area (Å²) in [5, 5.41) is 12.2. The molecule has 1 N–H and O–H groups in total. The van der Waals surface area contributed by atoms with E-state index in [-0.39, 0.29) is 24.6 Å². The molecule has 1 aliphatic rings. The summed E-state index contributed by atoms with van der Waals surface area (Å²) < 4.78 is 32.6. The Morgan fingerprint density at radius 1 is 1.26 bits per heavy atom. The lowest BCUT2D eigenvalue weighted by Gasteiger charge is -2.21. The number of hydrogen-bond donors (Lipinski definition) is 1. The number of sulfonamides is 1. The van der Waals surface area contributed by atoms with Crippen molar-refractivity contribution in [3.05, 3.63) is 69.6 Å². The SMILES string of the molecule is CN(C)S(=O)(=O)C1(COc2nccc3cc(C(=O)NCc4ccc(C#N)cc4)c(=O)n(C)c23)CC1. The van der Waals surface area contributed by atoms with Gasteiger partial charge in [0.1, 0.15) is 22.4 Å². The lowest BCUT2D eigenvalue weighted by atomic mass is 10.1. The number of hydrogen-bond acceptors (Lipinski definition) is 7. The fraction of sp³-hybridized carbons (Fsp3) is 0.333. The van der Waals surface area contributed by atoms with E-state index in [1.807, 2.05) is 6.07 Å². The molecule has 11 heteroatoms. The van der Waals surface area contributed by atoms with Gasteiger partial charge in [0.15, 0.2) is 0 Å². The van der Waals surface area contributed by atoms with Crippen molar-refractivity contribution in [2.45, 2.75) is 24.1 Å². The van der Waals surface area contributed by atoms with E-state index in [0.29, 0.717) is 29.3 Å². The summed E-state index contributed by atoms with van der Waals surface area (Å²) in [7, 11) is 0.978. The Labute approximate surface area is 202 Å². The van der Waals surface area contributed by atoms with Crippen molar-refractivity contribution in [3.63, 3.8) is 0 Å². The Morgan fingerprint density at radius 3 is 2.54 bits per heavy atom. The minimum Gasteiger partial charge on any atom is -0.474 e. The van der Waals surface area contributed by atoms with E-state index in [9.17, 15) is 18.0 Å². The lowest BCUT2D eigenvalue weighted by molar-refractivity contribution is 0.0949. The predicted molar refractivity (Wildman–Crippen MR) is 129 cm³/mol. The molecular weight excluding hydrogens is 470 g/mol. The second-order valence-electron chi connectivity index (χ2n) is 8.73. The van der Waals surface area contributed by atoms with Gasteiger partial charge >= 0.3 is 0 Å². The Kier molecular flexibility index (Phi) is 6.36. The van der Waals surface area contributed by atoms with Crippen molar-refractivity contribution in [1.29, 1.82) is 5.26 Å². The average molecular weight is 496 g/mol. The molecular formula is C24H25N5O5S. The van der Waals surface area contributed by atoms with Gasteiger partial charge in [0.25, 0.3) is 11.5 Å². The molecule has 2 heterocycles. The molecule has 0 saturated heterocycles. The molecule has 10 nitrogen and oxygen atoms in total. The van der Waals surface area contributed by atoms with Crippen LogP contribution in [0.25, 0.3) is 10.9 Å². The number of rotatable bonds is 8. The van der Waals surface area contributed by atoms with E-state index < -0.39 is 26.2 Å². The second kappa shape index (κ2) is 9.13. The normalized spacial score (nSPS) is 14.5. The zero-order valence-corrected chi connectivity index (χ0v) is 20.4. The van der Waals surface area contributed by atoms with Gasteiger partial charge in [0, 0.05) is 39.3 Å². The number of aryl methyl sites for hydroxylation is 1. The number of nitrogens with zero attached hydrogens (tertiary/aromatic N) is 4. The molecule has 3 aromatic rings. The quantitative estimate of drug-likeness (QED) is 0.501. The van der Waals surface area contributed by atoms with Crippen molar-refractivity contribution in [2.24, 2.45) is 7.05 Å². The van der Waals surface area contributed by atoms with E-state index in [2.05, 4.69) is 10.3 Å². The molecule has 0 spiro atoms. The third-order valence-corrected chi connectivity index (χ3v) is 8.76. The number of ether oxygens (including phenoxy) is 1. The maximum Gasteiger partial charge on any atom is 0.263 e. The molecule has 4 rings (SSSR count). The van der Waals surface area contributed by atoms with Crippen LogP contribution in [-0.2, 0) is 23.6 Å². The summed E-state index contributed by atoms with van der Waals surface area (Å²) in [5.41, 5.74) is 1.10. The molecule has 0 radical (unpaired) electrons. The molecule has 2 aromatic heterocycles. The molecule has 182 valence electrons. The number of carbonyl (C=O) groups is 1. The Morgan fingerprint density at radius 2 is 1.94 bits per heavy atom. The smallest absolute Gasteiger partial charge is 0.263 e. The van der Waals surface area contributed by atoms with Gasteiger partial charge in [-0.25, -0.2) is 17.7 Å². The second-order valence-corrected chi connectivity index (χ2v) is 11.3. The van der Waals surface area contributed by atoms with Crippen molar-refractivity contribution >= 4 is 26.8 Å². The fourth-order valence-electron chi connectivity index (χ4n) is 3.85. The highest BCUT2D eigenvalue weighted by molar-refractivity contribution is 7.90. The third kappa shape index (κ3) is 4.50. The average Bonchev–Trinajstić information content (AvgIpc) is 3.65. The highest BCUT2D eigenvalue weighted by Gasteiger charge is 2.56. The number of nitriles is 1. The van der Waals surface area contributed by atoms with Crippen LogP contribution in [0.5, 0.6) is 5.88 Å².